The summed E-state index contributed by atoms with van der Waals surface area (Å²) in [6.07, 6.45) is 5.83. The molecule has 0 N–H and O–H groups in total. The standard InChI is InChI=1S/C55H45N3/c1-4-49(44-23-13-14-25-47(44)53-42-21-11-9-19-38(42)31-33-56-53)55(3,5-2)50-30-28-41(36-48(50)54-43-22-12-10-20-39(43)32-34-57-54)58-51-26-16-15-24-45(51)46-29-27-40(35-52(46)58)37-17-7-6-8-18-37/h6-36,49H,4-5H2,1-3H3/t49?,55-/m0/s1. The second kappa shape index (κ2) is 14.6. The van der Waals surface area contributed by atoms with Crippen LogP contribution in [-0.4, -0.2) is 14.5 Å². The Balaban J connectivity index is 1.22. The van der Waals surface area contributed by atoms with E-state index in [9.17, 15) is 0 Å². The Kier molecular flexibility index (Phi) is 8.94. The normalized spacial score (nSPS) is 13.3. The van der Waals surface area contributed by atoms with Crippen LogP contribution >= 0.6 is 0 Å². The molecular weight excluding hydrogens is 703 g/mol. The van der Waals surface area contributed by atoms with Crippen molar-refractivity contribution in [3.63, 3.8) is 0 Å². The van der Waals surface area contributed by atoms with Crippen LogP contribution in [0.25, 0.3) is 82.7 Å². The minimum absolute atomic E-state index is 0.190. The highest BCUT2D eigenvalue weighted by Gasteiger charge is 2.38. The summed E-state index contributed by atoms with van der Waals surface area (Å²) in [6, 6.07) is 64.1. The minimum atomic E-state index is -0.261. The molecule has 0 spiro atoms. The van der Waals surface area contributed by atoms with Gasteiger partial charge >= 0.3 is 0 Å². The van der Waals surface area contributed by atoms with E-state index in [2.05, 4.69) is 201 Å². The number of pyridine rings is 2. The van der Waals surface area contributed by atoms with Crippen LogP contribution in [0.15, 0.2) is 188 Å². The molecule has 10 aromatic rings. The van der Waals surface area contributed by atoms with Gasteiger partial charge in [0.25, 0.3) is 0 Å². The quantitative estimate of drug-likeness (QED) is 0.147. The van der Waals surface area contributed by atoms with Gasteiger partial charge in [0.1, 0.15) is 0 Å². The SMILES string of the molecule is CCC(c1ccccc1-c1nccc2ccccc12)[C@](C)(CC)c1ccc(-n2c3ccccc3c3ccc(-c4ccccc4)cc32)cc1-c1nccc2ccccc12. The van der Waals surface area contributed by atoms with Crippen LogP contribution < -0.4 is 0 Å². The van der Waals surface area contributed by atoms with Crippen LogP contribution in [0.2, 0.25) is 0 Å². The Morgan fingerprint density at radius 1 is 0.500 bits per heavy atom. The molecule has 0 aliphatic rings. The first-order valence-corrected chi connectivity index (χ1v) is 20.6. The summed E-state index contributed by atoms with van der Waals surface area (Å²) in [5, 5.41) is 7.21. The Labute approximate surface area is 340 Å². The topological polar surface area (TPSA) is 30.7 Å². The van der Waals surface area contributed by atoms with Crippen molar-refractivity contribution in [3.8, 4) is 39.3 Å². The summed E-state index contributed by atoms with van der Waals surface area (Å²) < 4.78 is 2.46. The maximum absolute atomic E-state index is 5.22. The first kappa shape index (κ1) is 35.6. The fourth-order valence-electron chi connectivity index (χ4n) is 9.75. The van der Waals surface area contributed by atoms with E-state index in [0.29, 0.717) is 0 Å². The average molecular weight is 748 g/mol. The van der Waals surface area contributed by atoms with Crippen molar-refractivity contribution in [1.29, 1.82) is 0 Å². The summed E-state index contributed by atoms with van der Waals surface area (Å²) in [5.74, 6) is 0.190. The number of hydrogen-bond acceptors (Lipinski definition) is 2. The zero-order valence-electron chi connectivity index (χ0n) is 33.2. The summed E-state index contributed by atoms with van der Waals surface area (Å²) in [5.41, 5.74) is 12.7. The van der Waals surface area contributed by atoms with Gasteiger partial charge < -0.3 is 4.57 Å². The van der Waals surface area contributed by atoms with Crippen molar-refractivity contribution in [1.82, 2.24) is 14.5 Å². The van der Waals surface area contributed by atoms with Gasteiger partial charge in [-0.1, -0.05) is 160 Å². The minimum Gasteiger partial charge on any atom is -0.309 e. The number of benzene rings is 7. The molecule has 0 saturated carbocycles. The lowest BCUT2D eigenvalue weighted by Gasteiger charge is -2.40. The van der Waals surface area contributed by atoms with Crippen molar-refractivity contribution >= 4 is 43.4 Å². The molecule has 58 heavy (non-hydrogen) atoms. The van der Waals surface area contributed by atoms with Gasteiger partial charge in [-0.15, -0.1) is 0 Å². The van der Waals surface area contributed by atoms with E-state index in [0.717, 1.165) is 35.3 Å². The fourth-order valence-corrected chi connectivity index (χ4v) is 9.75. The van der Waals surface area contributed by atoms with Gasteiger partial charge in [0.05, 0.1) is 22.4 Å². The third-order valence-corrected chi connectivity index (χ3v) is 12.8. The maximum Gasteiger partial charge on any atom is 0.0784 e. The van der Waals surface area contributed by atoms with Gasteiger partial charge in [0.15, 0.2) is 0 Å². The number of nitrogens with zero attached hydrogens (tertiary/aromatic N) is 3. The summed E-state index contributed by atoms with van der Waals surface area (Å²) >= 11 is 0. The zero-order valence-corrected chi connectivity index (χ0v) is 33.2. The summed E-state index contributed by atoms with van der Waals surface area (Å²) in [6.45, 7) is 7.18. The monoisotopic (exact) mass is 747 g/mol. The van der Waals surface area contributed by atoms with E-state index >= 15 is 0 Å². The van der Waals surface area contributed by atoms with Crippen molar-refractivity contribution in [2.24, 2.45) is 0 Å². The van der Waals surface area contributed by atoms with E-state index in [1.54, 1.807) is 0 Å². The smallest absolute Gasteiger partial charge is 0.0784 e. The molecule has 0 aliphatic carbocycles. The highest BCUT2D eigenvalue weighted by molar-refractivity contribution is 6.10. The van der Waals surface area contributed by atoms with Crippen LogP contribution in [0.5, 0.6) is 0 Å². The molecular formula is C55H45N3. The molecule has 1 unspecified atom stereocenters. The molecule has 0 fully saturated rings. The van der Waals surface area contributed by atoms with E-state index in [-0.39, 0.29) is 11.3 Å². The zero-order chi connectivity index (χ0) is 39.2. The fraction of sp³-hybridized carbons (Fsp3) is 0.127. The second-order valence-corrected chi connectivity index (χ2v) is 15.8. The van der Waals surface area contributed by atoms with Crippen LogP contribution in [-0.2, 0) is 5.41 Å². The molecule has 0 aliphatic heterocycles. The number of aromatic nitrogens is 3. The number of fused-ring (bicyclic) bond motifs is 5. The Morgan fingerprint density at radius 3 is 1.81 bits per heavy atom. The van der Waals surface area contributed by atoms with Crippen LogP contribution in [0, 0.1) is 0 Å². The molecule has 3 aromatic heterocycles. The molecule has 3 heteroatoms. The first-order valence-electron chi connectivity index (χ1n) is 20.6. The molecule has 2 atom stereocenters. The van der Waals surface area contributed by atoms with Crippen molar-refractivity contribution in [2.45, 2.75) is 44.9 Å². The molecule has 0 radical (unpaired) electrons. The van der Waals surface area contributed by atoms with Gasteiger partial charge in [-0.05, 0) is 93.6 Å². The number of hydrogen-bond donors (Lipinski definition) is 0. The molecule has 7 aromatic carbocycles. The molecule has 280 valence electrons. The van der Waals surface area contributed by atoms with Gasteiger partial charge in [0, 0.05) is 50.8 Å². The Bertz CT molecular complexity index is 3110. The summed E-state index contributed by atoms with van der Waals surface area (Å²) in [4.78, 5) is 10.3. The van der Waals surface area contributed by atoms with Gasteiger partial charge in [0.2, 0.25) is 0 Å². The largest absolute Gasteiger partial charge is 0.309 e. The lowest BCUT2D eigenvalue weighted by atomic mass is 9.64. The van der Waals surface area contributed by atoms with Crippen molar-refractivity contribution in [2.75, 3.05) is 0 Å². The predicted molar refractivity (Wildman–Crippen MR) is 245 cm³/mol. The lowest BCUT2D eigenvalue weighted by Crippen LogP contribution is -2.31. The molecule has 0 amide bonds. The highest BCUT2D eigenvalue weighted by atomic mass is 15.0. The third-order valence-electron chi connectivity index (χ3n) is 12.8. The highest BCUT2D eigenvalue weighted by Crippen LogP contribution is 2.50. The van der Waals surface area contributed by atoms with Crippen LogP contribution in [0.3, 0.4) is 0 Å². The van der Waals surface area contributed by atoms with Crippen molar-refractivity contribution < 1.29 is 0 Å². The molecule has 0 bridgehead atoms. The maximum atomic E-state index is 5.22. The van der Waals surface area contributed by atoms with E-state index < -0.39 is 0 Å². The second-order valence-electron chi connectivity index (χ2n) is 15.8. The first-order chi connectivity index (χ1) is 28.6. The summed E-state index contributed by atoms with van der Waals surface area (Å²) in [7, 11) is 0. The van der Waals surface area contributed by atoms with Gasteiger partial charge in [-0.2, -0.15) is 0 Å². The van der Waals surface area contributed by atoms with E-state index in [1.165, 1.54) is 71.3 Å². The Morgan fingerprint density at radius 2 is 1.10 bits per heavy atom. The van der Waals surface area contributed by atoms with Gasteiger partial charge in [-0.3, -0.25) is 9.97 Å². The molecule has 3 nitrogen and oxygen atoms in total. The Hall–Kier alpha value is -6.84. The lowest BCUT2D eigenvalue weighted by molar-refractivity contribution is 0.355. The average Bonchev–Trinajstić information content (AvgIpc) is 3.62. The van der Waals surface area contributed by atoms with Crippen molar-refractivity contribution in [3.05, 3.63) is 199 Å². The predicted octanol–water partition coefficient (Wildman–Crippen LogP) is 14.7. The molecule has 0 saturated heterocycles. The number of para-hydroxylation sites is 1. The number of rotatable bonds is 9. The molecule has 3 heterocycles. The van der Waals surface area contributed by atoms with E-state index in [1.807, 2.05) is 12.4 Å². The van der Waals surface area contributed by atoms with Gasteiger partial charge in [-0.25, -0.2) is 0 Å². The molecule has 10 rings (SSSR count). The third kappa shape index (κ3) is 5.80. The van der Waals surface area contributed by atoms with E-state index in [4.69, 9.17) is 9.97 Å². The van der Waals surface area contributed by atoms with Crippen LogP contribution in [0.4, 0.5) is 0 Å². The van der Waals surface area contributed by atoms with Crippen LogP contribution in [0.1, 0.15) is 50.7 Å².